The molecule has 0 saturated heterocycles. The second-order valence-electron chi connectivity index (χ2n) is 4.89. The largest absolute Gasteiger partial charge is 0.466 e. The molecule has 0 heterocycles. The van der Waals surface area contributed by atoms with E-state index in [1.54, 1.807) is 12.1 Å². The predicted molar refractivity (Wildman–Crippen MR) is 76.9 cm³/mol. The van der Waals surface area contributed by atoms with Crippen LogP contribution in [0, 0.1) is 5.92 Å². The quantitative estimate of drug-likeness (QED) is 0.857. The van der Waals surface area contributed by atoms with Gasteiger partial charge in [0.05, 0.1) is 12.5 Å². The van der Waals surface area contributed by atoms with Gasteiger partial charge in [-0.05, 0) is 49.5 Å². The minimum atomic E-state index is -0.420. The van der Waals surface area contributed by atoms with Crippen molar-refractivity contribution in [1.29, 1.82) is 0 Å². The second kappa shape index (κ2) is 6.37. The second-order valence-corrected chi connectivity index (χ2v) is 4.89. The average molecular weight is 273 g/mol. The van der Waals surface area contributed by atoms with Crippen molar-refractivity contribution in [2.75, 3.05) is 6.61 Å². The van der Waals surface area contributed by atoms with Crippen LogP contribution < -0.4 is 5.73 Å². The van der Waals surface area contributed by atoms with Crippen LogP contribution >= 0.6 is 0 Å². The van der Waals surface area contributed by atoms with Gasteiger partial charge in [0.15, 0.2) is 0 Å². The Morgan fingerprint density at radius 3 is 2.50 bits per heavy atom. The molecule has 20 heavy (non-hydrogen) atoms. The van der Waals surface area contributed by atoms with Gasteiger partial charge >= 0.3 is 5.97 Å². The van der Waals surface area contributed by atoms with Crippen molar-refractivity contribution in [2.45, 2.75) is 26.2 Å². The lowest BCUT2D eigenvalue weighted by molar-refractivity contribution is -0.148. The molecule has 2 rings (SSSR count). The molecule has 1 aromatic carbocycles. The van der Waals surface area contributed by atoms with Gasteiger partial charge < -0.3 is 10.5 Å². The number of rotatable bonds is 4. The fraction of sp³-hybridized carbons (Fsp3) is 0.375. The van der Waals surface area contributed by atoms with Gasteiger partial charge in [-0.15, -0.1) is 0 Å². The maximum absolute atomic E-state index is 11.7. The van der Waals surface area contributed by atoms with Gasteiger partial charge in [0, 0.05) is 5.56 Å². The van der Waals surface area contributed by atoms with Crippen LogP contribution in [0.2, 0.25) is 0 Å². The minimum Gasteiger partial charge on any atom is -0.466 e. The fourth-order valence-electron chi connectivity index (χ4n) is 2.42. The topological polar surface area (TPSA) is 69.4 Å². The molecule has 1 atom stereocenters. The van der Waals surface area contributed by atoms with Crippen LogP contribution in [-0.4, -0.2) is 18.5 Å². The summed E-state index contributed by atoms with van der Waals surface area (Å²) in [5, 5.41) is 0. The summed E-state index contributed by atoms with van der Waals surface area (Å²) in [6.07, 6.45) is 4.46. The number of nitrogens with two attached hydrogens (primary N) is 1. The summed E-state index contributed by atoms with van der Waals surface area (Å²) in [6.45, 7) is 2.25. The number of benzene rings is 1. The lowest BCUT2D eigenvalue weighted by Crippen LogP contribution is -2.19. The zero-order chi connectivity index (χ0) is 14.5. The van der Waals surface area contributed by atoms with Gasteiger partial charge in [-0.1, -0.05) is 18.2 Å². The first-order chi connectivity index (χ1) is 9.61. The van der Waals surface area contributed by atoms with Crippen LogP contribution in [0.25, 0.3) is 5.57 Å². The number of amides is 1. The van der Waals surface area contributed by atoms with Crippen LogP contribution in [0.1, 0.15) is 42.1 Å². The van der Waals surface area contributed by atoms with E-state index in [0.717, 1.165) is 18.4 Å². The molecule has 0 aliphatic heterocycles. The van der Waals surface area contributed by atoms with Crippen LogP contribution in [0.15, 0.2) is 30.3 Å². The molecular formula is C16H19NO3. The first-order valence-corrected chi connectivity index (χ1v) is 6.87. The number of ether oxygens (including phenoxy) is 1. The van der Waals surface area contributed by atoms with E-state index in [-0.39, 0.29) is 11.9 Å². The summed E-state index contributed by atoms with van der Waals surface area (Å²) >= 11 is 0. The van der Waals surface area contributed by atoms with Gasteiger partial charge in [0.1, 0.15) is 0 Å². The van der Waals surface area contributed by atoms with Crippen molar-refractivity contribution in [1.82, 2.24) is 0 Å². The molecule has 0 aromatic heterocycles. The third-order valence-electron chi connectivity index (χ3n) is 3.57. The van der Waals surface area contributed by atoms with E-state index in [4.69, 9.17) is 10.5 Å². The molecule has 1 aromatic rings. The molecule has 0 fully saturated rings. The fourth-order valence-corrected chi connectivity index (χ4v) is 2.42. The maximum atomic E-state index is 11.7. The summed E-state index contributed by atoms with van der Waals surface area (Å²) in [7, 11) is 0. The summed E-state index contributed by atoms with van der Waals surface area (Å²) in [5.74, 6) is -0.549. The van der Waals surface area contributed by atoms with Crippen molar-refractivity contribution in [2.24, 2.45) is 11.7 Å². The van der Waals surface area contributed by atoms with Crippen molar-refractivity contribution in [3.63, 3.8) is 0 Å². The van der Waals surface area contributed by atoms with E-state index in [9.17, 15) is 9.59 Å². The average Bonchev–Trinajstić information content (AvgIpc) is 2.48. The third kappa shape index (κ3) is 3.26. The number of hydrogen-bond acceptors (Lipinski definition) is 3. The Labute approximate surface area is 118 Å². The van der Waals surface area contributed by atoms with Gasteiger partial charge in [0.2, 0.25) is 5.91 Å². The monoisotopic (exact) mass is 273 g/mol. The number of primary amides is 1. The SMILES string of the molecule is CCOC(=O)C1CC=C(c2ccc(C(N)=O)cc2)CC1. The summed E-state index contributed by atoms with van der Waals surface area (Å²) in [6, 6.07) is 7.26. The maximum Gasteiger partial charge on any atom is 0.309 e. The Morgan fingerprint density at radius 2 is 2.00 bits per heavy atom. The van der Waals surface area contributed by atoms with Crippen LogP contribution in [0.5, 0.6) is 0 Å². The van der Waals surface area contributed by atoms with Gasteiger partial charge in [-0.25, -0.2) is 0 Å². The molecule has 2 N–H and O–H groups in total. The number of carbonyl (C=O) groups is 2. The highest BCUT2D eigenvalue weighted by Crippen LogP contribution is 2.30. The highest BCUT2D eigenvalue weighted by Gasteiger charge is 2.22. The van der Waals surface area contributed by atoms with E-state index in [1.165, 1.54) is 5.57 Å². The van der Waals surface area contributed by atoms with Gasteiger partial charge in [-0.3, -0.25) is 9.59 Å². The molecule has 4 heteroatoms. The zero-order valence-corrected chi connectivity index (χ0v) is 11.6. The summed E-state index contributed by atoms with van der Waals surface area (Å²) in [5.41, 5.74) is 8.02. The molecule has 0 radical (unpaired) electrons. The minimum absolute atomic E-state index is 0.0245. The molecule has 106 valence electrons. The molecule has 1 aliphatic rings. The first-order valence-electron chi connectivity index (χ1n) is 6.87. The van der Waals surface area contributed by atoms with Gasteiger partial charge in [-0.2, -0.15) is 0 Å². The molecule has 4 nitrogen and oxygen atoms in total. The standard InChI is InChI=1S/C16H19NO3/c1-2-20-16(19)14-9-5-12(6-10-14)11-3-7-13(8-4-11)15(17)18/h3-5,7-8,14H,2,6,9-10H2,1H3,(H2,17,18). The lowest BCUT2D eigenvalue weighted by Gasteiger charge is -2.20. The highest BCUT2D eigenvalue weighted by atomic mass is 16.5. The predicted octanol–water partition coefficient (Wildman–Crippen LogP) is 2.53. The van der Waals surface area contributed by atoms with E-state index in [1.807, 2.05) is 19.1 Å². The van der Waals surface area contributed by atoms with Crippen molar-refractivity contribution in [3.05, 3.63) is 41.5 Å². The number of carbonyl (C=O) groups excluding carboxylic acids is 2. The van der Waals surface area contributed by atoms with Crippen molar-refractivity contribution < 1.29 is 14.3 Å². The third-order valence-corrected chi connectivity index (χ3v) is 3.57. The smallest absolute Gasteiger partial charge is 0.309 e. The van der Waals surface area contributed by atoms with E-state index in [2.05, 4.69) is 6.08 Å². The summed E-state index contributed by atoms with van der Waals surface area (Å²) < 4.78 is 5.04. The van der Waals surface area contributed by atoms with Crippen LogP contribution in [0.4, 0.5) is 0 Å². The first kappa shape index (κ1) is 14.3. The van der Waals surface area contributed by atoms with E-state index >= 15 is 0 Å². The highest BCUT2D eigenvalue weighted by molar-refractivity contribution is 5.93. The number of esters is 1. The molecule has 1 aliphatic carbocycles. The molecular weight excluding hydrogens is 254 g/mol. The molecule has 1 unspecified atom stereocenters. The Kier molecular flexibility index (Phi) is 4.56. The Hall–Kier alpha value is -2.10. The number of hydrogen-bond donors (Lipinski definition) is 1. The van der Waals surface area contributed by atoms with Crippen molar-refractivity contribution in [3.8, 4) is 0 Å². The molecule has 0 saturated carbocycles. The van der Waals surface area contributed by atoms with Crippen LogP contribution in [0.3, 0.4) is 0 Å². The van der Waals surface area contributed by atoms with Crippen LogP contribution in [-0.2, 0) is 9.53 Å². The Bertz CT molecular complexity index is 531. The van der Waals surface area contributed by atoms with E-state index < -0.39 is 5.91 Å². The summed E-state index contributed by atoms with van der Waals surface area (Å²) in [4.78, 5) is 22.7. The van der Waals surface area contributed by atoms with E-state index in [0.29, 0.717) is 18.6 Å². The lowest BCUT2D eigenvalue weighted by atomic mass is 9.86. The number of allylic oxidation sites excluding steroid dienone is 2. The normalized spacial score (nSPS) is 18.2. The van der Waals surface area contributed by atoms with Crippen molar-refractivity contribution >= 4 is 17.4 Å². The molecule has 0 spiro atoms. The zero-order valence-electron chi connectivity index (χ0n) is 11.6. The Balaban J connectivity index is 2.04. The molecule has 0 bridgehead atoms. The molecule has 1 amide bonds. The Morgan fingerprint density at radius 1 is 1.30 bits per heavy atom. The van der Waals surface area contributed by atoms with Gasteiger partial charge in [0.25, 0.3) is 0 Å².